The first kappa shape index (κ1) is 21.0. The van der Waals surface area contributed by atoms with Gasteiger partial charge < -0.3 is 14.5 Å². The summed E-state index contributed by atoms with van der Waals surface area (Å²) in [6.45, 7) is 0.0283. The number of anilines is 1. The van der Waals surface area contributed by atoms with Crippen molar-refractivity contribution >= 4 is 45.2 Å². The van der Waals surface area contributed by atoms with Crippen molar-refractivity contribution in [1.29, 1.82) is 0 Å². The molecule has 0 aliphatic heterocycles. The molecule has 0 radical (unpaired) electrons. The Morgan fingerprint density at radius 3 is 2.47 bits per heavy atom. The molecule has 162 valence electrons. The molecule has 0 aliphatic carbocycles. The third kappa shape index (κ3) is 4.92. The Balaban J connectivity index is 1.23. The Bertz CT molecular complexity index is 1290. The van der Waals surface area contributed by atoms with Gasteiger partial charge in [-0.05, 0) is 42.3 Å². The fourth-order valence-corrected chi connectivity index (χ4v) is 3.37. The lowest BCUT2D eigenvalue weighted by Crippen LogP contribution is -2.12. The average molecular weight is 432 g/mol. The molecule has 0 unspecified atom stereocenters. The minimum Gasteiger partial charge on any atom is -0.461 e. The first-order valence-corrected chi connectivity index (χ1v) is 10.1. The largest absolute Gasteiger partial charge is 0.461 e. The molecule has 0 fully saturated rings. The summed E-state index contributed by atoms with van der Waals surface area (Å²) in [4.78, 5) is 34.3. The highest BCUT2D eigenvalue weighted by molar-refractivity contribution is 6.06. The van der Waals surface area contributed by atoms with Crippen molar-refractivity contribution in [2.45, 2.75) is 25.9 Å². The van der Waals surface area contributed by atoms with Crippen LogP contribution in [0.5, 0.6) is 0 Å². The van der Waals surface area contributed by atoms with Crippen molar-refractivity contribution in [3.05, 3.63) is 82.4 Å². The number of carbonyl (C=O) groups excluding carboxylic acids is 2. The zero-order valence-electron chi connectivity index (χ0n) is 17.1. The van der Waals surface area contributed by atoms with Crippen LogP contribution in [0.4, 0.5) is 11.4 Å². The molecule has 1 aromatic heterocycles. The Morgan fingerprint density at radius 1 is 0.938 bits per heavy atom. The Kier molecular flexibility index (Phi) is 6.12. The second-order valence-corrected chi connectivity index (χ2v) is 7.30. The van der Waals surface area contributed by atoms with Crippen LogP contribution >= 0.6 is 0 Å². The zero-order valence-corrected chi connectivity index (χ0v) is 17.1. The van der Waals surface area contributed by atoms with Crippen LogP contribution in [-0.2, 0) is 20.9 Å². The van der Waals surface area contributed by atoms with Gasteiger partial charge in [0, 0.05) is 47.5 Å². The molecular weight excluding hydrogens is 412 g/mol. The van der Waals surface area contributed by atoms with Crippen molar-refractivity contribution in [2.24, 2.45) is 0 Å². The Morgan fingerprint density at radius 2 is 1.69 bits per heavy atom. The van der Waals surface area contributed by atoms with Crippen LogP contribution in [-0.4, -0.2) is 16.8 Å². The topological polar surface area (TPSA) is 112 Å². The summed E-state index contributed by atoms with van der Waals surface area (Å²) in [7, 11) is 0. The number of rotatable bonds is 8. The Hall–Kier alpha value is -4.20. The van der Waals surface area contributed by atoms with E-state index in [0.717, 1.165) is 16.4 Å². The van der Waals surface area contributed by atoms with Gasteiger partial charge in [0.2, 0.25) is 5.91 Å². The Labute approximate surface area is 182 Å². The molecule has 0 bridgehead atoms. The van der Waals surface area contributed by atoms with Gasteiger partial charge in [0.05, 0.1) is 4.92 Å². The lowest BCUT2D eigenvalue weighted by Gasteiger charge is -2.06. The van der Waals surface area contributed by atoms with E-state index in [-0.39, 0.29) is 31.0 Å². The number of benzene rings is 3. The van der Waals surface area contributed by atoms with Gasteiger partial charge in [-0.1, -0.05) is 18.2 Å². The summed E-state index contributed by atoms with van der Waals surface area (Å²) in [5.41, 5.74) is 2.74. The molecule has 8 heteroatoms. The van der Waals surface area contributed by atoms with Crippen molar-refractivity contribution in [3.8, 4) is 0 Å². The highest BCUT2D eigenvalue weighted by Gasteiger charge is 2.11. The molecule has 3 aromatic carbocycles. The molecule has 0 spiro atoms. The van der Waals surface area contributed by atoms with Gasteiger partial charge >= 0.3 is 5.97 Å². The maximum atomic E-state index is 12.2. The molecule has 4 aromatic rings. The van der Waals surface area contributed by atoms with Crippen LogP contribution < -0.4 is 5.32 Å². The van der Waals surface area contributed by atoms with Gasteiger partial charge in [-0.15, -0.1) is 0 Å². The van der Waals surface area contributed by atoms with E-state index < -0.39 is 10.9 Å². The fraction of sp³-hybridized carbons (Fsp3) is 0.167. The summed E-state index contributed by atoms with van der Waals surface area (Å²) >= 11 is 0. The van der Waals surface area contributed by atoms with Crippen LogP contribution in [0.1, 0.15) is 24.8 Å². The number of hydrogen-bond donors (Lipinski definition) is 1. The molecule has 8 nitrogen and oxygen atoms in total. The number of non-ortho nitro benzene ring substituents is 1. The number of ether oxygens (including phenoxy) is 1. The van der Waals surface area contributed by atoms with Crippen molar-refractivity contribution < 1.29 is 23.7 Å². The quantitative estimate of drug-likeness (QED) is 0.228. The number of carbonyl (C=O) groups is 2. The third-order valence-electron chi connectivity index (χ3n) is 4.99. The maximum absolute atomic E-state index is 12.2. The van der Waals surface area contributed by atoms with E-state index in [1.165, 1.54) is 24.3 Å². The predicted molar refractivity (Wildman–Crippen MR) is 119 cm³/mol. The van der Waals surface area contributed by atoms with Gasteiger partial charge in [0.25, 0.3) is 5.69 Å². The van der Waals surface area contributed by atoms with Crippen molar-refractivity contribution in [1.82, 2.24) is 0 Å². The monoisotopic (exact) mass is 432 g/mol. The molecule has 0 saturated carbocycles. The molecule has 1 heterocycles. The minimum atomic E-state index is -0.490. The standard InChI is InChI=1S/C24H20N2O6/c27-23(6-3-7-24(28)31-15-16-8-11-18(12-9-16)26(29)30)25-17-10-13-20-19-4-1-2-5-21(19)32-22(20)14-17/h1-2,4-5,8-14H,3,6-7,15H2,(H,25,27). The van der Waals surface area contributed by atoms with Gasteiger partial charge in [-0.25, -0.2) is 0 Å². The molecular formula is C24H20N2O6. The number of para-hydroxylation sites is 1. The molecule has 0 saturated heterocycles. The third-order valence-corrected chi connectivity index (χ3v) is 4.99. The van der Waals surface area contributed by atoms with E-state index in [4.69, 9.17) is 9.15 Å². The highest BCUT2D eigenvalue weighted by Crippen LogP contribution is 2.30. The summed E-state index contributed by atoms with van der Waals surface area (Å²) < 4.78 is 11.0. The molecule has 1 N–H and O–H groups in total. The predicted octanol–water partition coefficient (Wildman–Crippen LogP) is 5.35. The van der Waals surface area contributed by atoms with E-state index >= 15 is 0 Å². The molecule has 1 amide bonds. The van der Waals surface area contributed by atoms with E-state index in [2.05, 4.69) is 5.32 Å². The lowest BCUT2D eigenvalue weighted by atomic mass is 10.1. The number of nitro benzene ring substituents is 1. The maximum Gasteiger partial charge on any atom is 0.306 e. The average Bonchev–Trinajstić information content (AvgIpc) is 3.15. The van der Waals surface area contributed by atoms with Gasteiger partial charge in [-0.3, -0.25) is 19.7 Å². The summed E-state index contributed by atoms with van der Waals surface area (Å²) in [5.74, 6) is -0.636. The number of hydrogen-bond acceptors (Lipinski definition) is 6. The number of nitro groups is 1. The van der Waals surface area contributed by atoms with E-state index in [1.807, 2.05) is 36.4 Å². The van der Waals surface area contributed by atoms with Crippen LogP contribution in [0.3, 0.4) is 0 Å². The lowest BCUT2D eigenvalue weighted by molar-refractivity contribution is -0.384. The zero-order chi connectivity index (χ0) is 22.5. The number of fused-ring (bicyclic) bond motifs is 3. The molecule has 0 atom stereocenters. The van der Waals surface area contributed by atoms with Gasteiger partial charge in [0.15, 0.2) is 0 Å². The van der Waals surface area contributed by atoms with E-state index in [0.29, 0.717) is 23.3 Å². The molecule has 4 rings (SSSR count). The van der Waals surface area contributed by atoms with Crippen LogP contribution in [0, 0.1) is 10.1 Å². The molecule has 0 aliphatic rings. The summed E-state index contributed by atoms with van der Waals surface area (Å²) in [5, 5.41) is 15.5. The first-order valence-electron chi connectivity index (χ1n) is 10.1. The van der Waals surface area contributed by atoms with Crippen LogP contribution in [0.15, 0.2) is 71.1 Å². The second kappa shape index (κ2) is 9.30. The first-order chi connectivity index (χ1) is 15.5. The van der Waals surface area contributed by atoms with Crippen molar-refractivity contribution in [2.75, 3.05) is 5.32 Å². The minimum absolute atomic E-state index is 0.0226. The number of furan rings is 1. The van der Waals surface area contributed by atoms with E-state index in [1.54, 1.807) is 6.07 Å². The van der Waals surface area contributed by atoms with Gasteiger partial charge in [-0.2, -0.15) is 0 Å². The normalized spacial score (nSPS) is 10.9. The van der Waals surface area contributed by atoms with Crippen molar-refractivity contribution in [3.63, 3.8) is 0 Å². The smallest absolute Gasteiger partial charge is 0.306 e. The highest BCUT2D eigenvalue weighted by atomic mass is 16.6. The number of esters is 1. The second-order valence-electron chi connectivity index (χ2n) is 7.30. The summed E-state index contributed by atoms with van der Waals surface area (Å²) in [6, 6.07) is 19.0. The van der Waals surface area contributed by atoms with Crippen LogP contribution in [0.25, 0.3) is 21.9 Å². The van der Waals surface area contributed by atoms with Crippen LogP contribution in [0.2, 0.25) is 0 Å². The molecule has 32 heavy (non-hydrogen) atoms. The number of nitrogens with zero attached hydrogens (tertiary/aromatic N) is 1. The van der Waals surface area contributed by atoms with E-state index in [9.17, 15) is 19.7 Å². The van der Waals surface area contributed by atoms with Gasteiger partial charge in [0.1, 0.15) is 17.8 Å². The number of nitrogens with one attached hydrogen (secondary N) is 1. The summed E-state index contributed by atoms with van der Waals surface area (Å²) in [6.07, 6.45) is 0.617. The fourth-order valence-electron chi connectivity index (χ4n) is 3.37. The number of amides is 1. The SMILES string of the molecule is O=C(CCCC(=O)OCc1ccc([N+](=O)[O-])cc1)Nc1ccc2c(c1)oc1ccccc12.